The largest absolute Gasteiger partial charge is 0.459 e. The number of nitrogens with two attached hydrogens (primary N) is 1. The highest BCUT2D eigenvalue weighted by Gasteiger charge is 2.25. The maximum atomic E-state index is 4.59. The van der Waals surface area contributed by atoms with E-state index < -0.39 is 0 Å². The van der Waals surface area contributed by atoms with Gasteiger partial charge in [0.05, 0.1) is 25.5 Å². The molecule has 0 atom stereocenters. The lowest BCUT2D eigenvalue weighted by Crippen LogP contribution is -2.86. The first-order valence-electron chi connectivity index (χ1n) is 6.14. The summed E-state index contributed by atoms with van der Waals surface area (Å²) >= 11 is 0. The Balaban J connectivity index is 1.83. The van der Waals surface area contributed by atoms with Crippen LogP contribution in [0.1, 0.15) is 24.6 Å². The molecule has 17 heavy (non-hydrogen) atoms. The fraction of sp³-hybridized carbons (Fsp3) is 0.417. The normalized spacial score (nSPS) is 17.2. The molecule has 0 radical (unpaired) electrons. The second-order valence-electron chi connectivity index (χ2n) is 4.44. The summed E-state index contributed by atoms with van der Waals surface area (Å²) in [5.41, 5.74) is 0. The number of nitrogens with one attached hydrogen (secondary N) is 1. The lowest BCUT2D eigenvalue weighted by atomic mass is 9.98. The number of rotatable bonds is 2. The van der Waals surface area contributed by atoms with E-state index in [0.29, 0.717) is 5.92 Å². The van der Waals surface area contributed by atoms with Gasteiger partial charge in [-0.2, -0.15) is 5.10 Å². The highest BCUT2D eigenvalue weighted by Crippen LogP contribution is 2.19. The third kappa shape index (κ3) is 2.19. The average molecular weight is 231 g/mol. The lowest BCUT2D eigenvalue weighted by molar-refractivity contribution is -0.663. The third-order valence-corrected chi connectivity index (χ3v) is 3.26. The molecular formula is C12H17N5+2. The molecule has 0 saturated carbocycles. The van der Waals surface area contributed by atoms with E-state index in [0.717, 1.165) is 11.8 Å². The van der Waals surface area contributed by atoms with Crippen molar-refractivity contribution in [3.8, 4) is 5.95 Å². The first kappa shape index (κ1) is 10.4. The van der Waals surface area contributed by atoms with E-state index >= 15 is 0 Å². The first-order chi connectivity index (χ1) is 8.43. The Kier molecular flexibility index (Phi) is 2.83. The Hall–Kier alpha value is -1.75. The van der Waals surface area contributed by atoms with Crippen LogP contribution in [0, 0.1) is 0 Å². The van der Waals surface area contributed by atoms with Crippen molar-refractivity contribution in [3.05, 3.63) is 36.4 Å². The van der Waals surface area contributed by atoms with Gasteiger partial charge in [0.2, 0.25) is 5.82 Å². The van der Waals surface area contributed by atoms with Crippen LogP contribution in [-0.2, 0) is 0 Å². The molecule has 0 unspecified atom stereocenters. The van der Waals surface area contributed by atoms with E-state index in [2.05, 4.69) is 20.5 Å². The van der Waals surface area contributed by atoms with Gasteiger partial charge in [0.1, 0.15) is 0 Å². The van der Waals surface area contributed by atoms with Crippen LogP contribution in [0.5, 0.6) is 0 Å². The monoisotopic (exact) mass is 231 g/mol. The number of H-pyrrole nitrogens is 1. The highest BCUT2D eigenvalue weighted by atomic mass is 15.3. The fourth-order valence-corrected chi connectivity index (χ4v) is 2.30. The molecule has 1 aliphatic rings. The summed E-state index contributed by atoms with van der Waals surface area (Å²) in [7, 11) is 0. The maximum absolute atomic E-state index is 4.59. The van der Waals surface area contributed by atoms with Crippen molar-refractivity contribution in [2.75, 3.05) is 13.1 Å². The van der Waals surface area contributed by atoms with Gasteiger partial charge in [0, 0.05) is 23.9 Å². The number of hydrogen-bond donors (Lipinski definition) is 2. The van der Waals surface area contributed by atoms with E-state index in [1.165, 1.54) is 25.9 Å². The summed E-state index contributed by atoms with van der Waals surface area (Å²) in [4.78, 5) is 4.59. The molecule has 0 amide bonds. The van der Waals surface area contributed by atoms with E-state index in [-0.39, 0.29) is 0 Å². The molecule has 3 N–H and O–H groups in total. The zero-order valence-corrected chi connectivity index (χ0v) is 9.71. The van der Waals surface area contributed by atoms with Gasteiger partial charge in [-0.15, -0.1) is 0 Å². The van der Waals surface area contributed by atoms with Crippen molar-refractivity contribution >= 4 is 0 Å². The fourth-order valence-electron chi connectivity index (χ4n) is 2.30. The van der Waals surface area contributed by atoms with Crippen molar-refractivity contribution < 1.29 is 9.88 Å². The summed E-state index contributed by atoms with van der Waals surface area (Å²) in [6.45, 7) is 2.39. The van der Waals surface area contributed by atoms with Crippen molar-refractivity contribution in [1.29, 1.82) is 0 Å². The molecule has 1 saturated heterocycles. The minimum absolute atomic E-state index is 0.547. The molecule has 0 bridgehead atoms. The van der Waals surface area contributed by atoms with E-state index in [1.54, 1.807) is 0 Å². The zero-order chi connectivity index (χ0) is 11.5. The van der Waals surface area contributed by atoms with Gasteiger partial charge in [-0.1, -0.05) is 6.07 Å². The quantitative estimate of drug-likeness (QED) is 0.686. The summed E-state index contributed by atoms with van der Waals surface area (Å²) in [5.74, 6) is 2.31. The van der Waals surface area contributed by atoms with Crippen LogP contribution in [0.4, 0.5) is 0 Å². The van der Waals surface area contributed by atoms with Gasteiger partial charge in [0.15, 0.2) is 0 Å². The number of piperidine rings is 1. The molecule has 5 nitrogen and oxygen atoms in total. The Morgan fingerprint density at radius 2 is 1.94 bits per heavy atom. The molecule has 1 fully saturated rings. The first-order valence-corrected chi connectivity index (χ1v) is 6.14. The predicted octanol–water partition coefficient (Wildman–Crippen LogP) is -0.478. The SMILES string of the molecule is c1cc[n+](-c2n[nH]c(C3CC[NH2+]CC3)n2)cc1. The molecule has 2 aromatic heterocycles. The van der Waals surface area contributed by atoms with Crippen LogP contribution in [0.2, 0.25) is 0 Å². The molecule has 0 aromatic carbocycles. The number of quaternary nitrogens is 1. The number of hydrogen-bond acceptors (Lipinski definition) is 2. The van der Waals surface area contributed by atoms with E-state index in [9.17, 15) is 0 Å². The summed E-state index contributed by atoms with van der Waals surface area (Å²) in [5, 5.41) is 9.72. The van der Waals surface area contributed by atoms with Gasteiger partial charge in [0.25, 0.3) is 0 Å². The van der Waals surface area contributed by atoms with Crippen molar-refractivity contribution in [2.24, 2.45) is 0 Å². The second kappa shape index (κ2) is 4.63. The molecule has 5 heteroatoms. The smallest absolute Gasteiger partial charge is 0.346 e. The topological polar surface area (TPSA) is 62.1 Å². The molecule has 3 rings (SSSR count). The van der Waals surface area contributed by atoms with Gasteiger partial charge in [-0.05, 0) is 17.1 Å². The van der Waals surface area contributed by atoms with Crippen LogP contribution >= 0.6 is 0 Å². The second-order valence-corrected chi connectivity index (χ2v) is 4.44. The molecule has 1 aliphatic heterocycles. The summed E-state index contributed by atoms with van der Waals surface area (Å²) in [6.07, 6.45) is 6.30. The molecule has 2 aromatic rings. The Bertz CT molecular complexity index is 473. The predicted molar refractivity (Wildman–Crippen MR) is 61.5 cm³/mol. The van der Waals surface area contributed by atoms with Crippen LogP contribution in [-0.4, -0.2) is 28.3 Å². The lowest BCUT2D eigenvalue weighted by Gasteiger charge is -2.15. The molecule has 0 aliphatic carbocycles. The van der Waals surface area contributed by atoms with Crippen LogP contribution in [0.15, 0.2) is 30.6 Å². The van der Waals surface area contributed by atoms with Crippen molar-refractivity contribution in [2.45, 2.75) is 18.8 Å². The standard InChI is InChI=1S/C12H16N5/c1-2-8-17(9-3-1)12-14-11(15-16-12)10-4-6-13-7-5-10/h1-3,8-10,13H,4-7H2,(H,14,15,16)/q+1/p+1. The minimum Gasteiger partial charge on any atom is -0.346 e. The number of pyridine rings is 1. The van der Waals surface area contributed by atoms with E-state index in [4.69, 9.17) is 0 Å². The summed E-state index contributed by atoms with van der Waals surface area (Å²) < 4.78 is 1.93. The van der Waals surface area contributed by atoms with E-state index in [1.807, 2.05) is 35.2 Å². The Morgan fingerprint density at radius 1 is 1.18 bits per heavy atom. The summed E-state index contributed by atoms with van der Waals surface area (Å²) in [6, 6.07) is 5.94. The number of nitrogens with zero attached hydrogens (tertiary/aromatic N) is 3. The molecule has 0 spiro atoms. The highest BCUT2D eigenvalue weighted by molar-refractivity contribution is 5.02. The van der Waals surface area contributed by atoms with Gasteiger partial charge in [-0.3, -0.25) is 0 Å². The number of aromatic amines is 1. The van der Waals surface area contributed by atoms with Gasteiger partial charge in [-0.25, -0.2) is 4.57 Å². The van der Waals surface area contributed by atoms with Crippen LogP contribution in [0.3, 0.4) is 0 Å². The third-order valence-electron chi connectivity index (χ3n) is 3.26. The van der Waals surface area contributed by atoms with Gasteiger partial charge < -0.3 is 5.32 Å². The van der Waals surface area contributed by atoms with Crippen molar-refractivity contribution in [1.82, 2.24) is 15.2 Å². The zero-order valence-electron chi connectivity index (χ0n) is 9.71. The minimum atomic E-state index is 0.547. The molecule has 3 heterocycles. The Labute approximate surface area is 99.9 Å². The number of aromatic nitrogens is 4. The molecular weight excluding hydrogens is 214 g/mol. The van der Waals surface area contributed by atoms with Crippen molar-refractivity contribution in [3.63, 3.8) is 0 Å². The van der Waals surface area contributed by atoms with Crippen LogP contribution < -0.4 is 9.88 Å². The van der Waals surface area contributed by atoms with Gasteiger partial charge >= 0.3 is 5.95 Å². The molecule has 88 valence electrons. The maximum Gasteiger partial charge on any atom is 0.459 e. The van der Waals surface area contributed by atoms with Crippen LogP contribution in [0.25, 0.3) is 5.95 Å². The Morgan fingerprint density at radius 3 is 2.71 bits per heavy atom. The average Bonchev–Trinajstić information content (AvgIpc) is 2.90.